The largest absolute Gasteiger partial charge is 0.388 e. The van der Waals surface area contributed by atoms with Crippen molar-refractivity contribution in [3.8, 4) is 0 Å². The molecular formula is C32H38N12O7. The standard InChI is InChI=1S/C32H38N12O7/c1-5-34-28(48)19-14-18(45)30(51-19)44-15-35-22-24(33)38-31(39-25(22)44)40-27(47)16-8-10-17(11-9-16)36-21(46)13-12-20-37-26-23(41(20)4)29(49)43(7-3)32(50)42(26)6-2/h8-11,15,18-19,30,45H,5-7,12-14H2,1-4H3,(H,34,48)(H,36,46)(H3,33,38,39,40,47)/t18-,19-,30-/m1/s1. The van der Waals surface area contributed by atoms with E-state index in [0.29, 0.717) is 30.1 Å². The third-order valence-corrected chi connectivity index (χ3v) is 8.65. The zero-order chi connectivity index (χ0) is 36.6. The van der Waals surface area contributed by atoms with Gasteiger partial charge in [-0.2, -0.15) is 9.97 Å². The zero-order valence-electron chi connectivity index (χ0n) is 28.4. The first-order chi connectivity index (χ1) is 24.4. The van der Waals surface area contributed by atoms with E-state index in [1.807, 2.05) is 0 Å². The van der Waals surface area contributed by atoms with Gasteiger partial charge in [-0.1, -0.05) is 0 Å². The lowest BCUT2D eigenvalue weighted by atomic mass is 10.2. The van der Waals surface area contributed by atoms with E-state index in [0.717, 1.165) is 4.57 Å². The zero-order valence-corrected chi connectivity index (χ0v) is 28.4. The second-order valence-corrected chi connectivity index (χ2v) is 11.9. The molecule has 3 atom stereocenters. The highest BCUT2D eigenvalue weighted by Crippen LogP contribution is 2.32. The average Bonchev–Trinajstić information content (AvgIpc) is 3.79. The van der Waals surface area contributed by atoms with E-state index in [1.54, 1.807) is 44.5 Å². The Balaban J connectivity index is 1.10. The fraction of sp³-hybridized carbons (Fsp3) is 0.406. The number of hydrogen-bond acceptors (Lipinski definition) is 12. The number of carbonyl (C=O) groups is 3. The number of hydrogen-bond donors (Lipinski definition) is 5. The number of aliphatic hydroxyl groups is 1. The summed E-state index contributed by atoms with van der Waals surface area (Å²) in [7, 11) is 1.68. The van der Waals surface area contributed by atoms with E-state index < -0.39 is 35.6 Å². The number of aryl methyl sites for hydroxylation is 3. The summed E-state index contributed by atoms with van der Waals surface area (Å²) in [6.07, 6.45) is -1.15. The van der Waals surface area contributed by atoms with Gasteiger partial charge in [-0.3, -0.25) is 38.2 Å². The number of nitrogens with one attached hydrogen (secondary N) is 3. The van der Waals surface area contributed by atoms with Gasteiger partial charge < -0.3 is 30.8 Å². The summed E-state index contributed by atoms with van der Waals surface area (Å²) in [5.41, 5.74) is 6.94. The minimum atomic E-state index is -1.03. The molecule has 0 unspecified atom stereocenters. The number of aliphatic hydroxyl groups excluding tert-OH is 1. The number of imidazole rings is 2. The maximum Gasteiger partial charge on any atom is 0.332 e. The molecule has 51 heavy (non-hydrogen) atoms. The van der Waals surface area contributed by atoms with Crippen LogP contribution >= 0.6 is 0 Å². The molecule has 0 bridgehead atoms. The molecule has 6 N–H and O–H groups in total. The average molecular weight is 703 g/mol. The first kappa shape index (κ1) is 34.9. The summed E-state index contributed by atoms with van der Waals surface area (Å²) in [4.78, 5) is 81.1. The Morgan fingerprint density at radius 1 is 1.00 bits per heavy atom. The quantitative estimate of drug-likeness (QED) is 0.124. The number of ether oxygens (including phenoxy) is 1. The number of rotatable bonds is 11. The van der Waals surface area contributed by atoms with Gasteiger partial charge in [0.25, 0.3) is 11.5 Å². The molecule has 19 nitrogen and oxygen atoms in total. The first-order valence-corrected chi connectivity index (χ1v) is 16.5. The van der Waals surface area contributed by atoms with Crippen molar-refractivity contribution in [2.45, 2.75) is 71.6 Å². The van der Waals surface area contributed by atoms with Crippen LogP contribution in [0.25, 0.3) is 22.3 Å². The Bertz CT molecular complexity index is 2270. The van der Waals surface area contributed by atoms with Crippen LogP contribution in [-0.2, 0) is 40.9 Å². The summed E-state index contributed by atoms with van der Waals surface area (Å²) in [6.45, 7) is 6.29. The van der Waals surface area contributed by atoms with Gasteiger partial charge in [0.2, 0.25) is 17.8 Å². The number of benzene rings is 1. The number of nitrogens with two attached hydrogens (primary N) is 1. The molecule has 1 fully saturated rings. The predicted molar refractivity (Wildman–Crippen MR) is 185 cm³/mol. The van der Waals surface area contributed by atoms with Gasteiger partial charge in [-0.15, -0.1) is 0 Å². The van der Waals surface area contributed by atoms with Crippen molar-refractivity contribution in [3.05, 3.63) is 62.8 Å². The summed E-state index contributed by atoms with van der Waals surface area (Å²) in [5, 5.41) is 18.7. The van der Waals surface area contributed by atoms with Gasteiger partial charge in [-0.05, 0) is 45.0 Å². The van der Waals surface area contributed by atoms with Crippen molar-refractivity contribution in [1.29, 1.82) is 0 Å². The fourth-order valence-electron chi connectivity index (χ4n) is 6.06. The van der Waals surface area contributed by atoms with Crippen LogP contribution in [0.2, 0.25) is 0 Å². The van der Waals surface area contributed by atoms with Crippen LogP contribution in [0.4, 0.5) is 17.5 Å². The lowest BCUT2D eigenvalue weighted by Gasteiger charge is -2.17. The lowest BCUT2D eigenvalue weighted by molar-refractivity contribution is -0.134. The molecule has 1 aliphatic heterocycles. The maximum atomic E-state index is 13.1. The monoisotopic (exact) mass is 702 g/mol. The van der Waals surface area contributed by atoms with Crippen molar-refractivity contribution >= 4 is 57.5 Å². The molecule has 268 valence electrons. The van der Waals surface area contributed by atoms with Crippen LogP contribution in [0.3, 0.4) is 0 Å². The van der Waals surface area contributed by atoms with E-state index >= 15 is 0 Å². The molecule has 1 aromatic carbocycles. The number of carbonyl (C=O) groups excluding carboxylic acids is 3. The van der Waals surface area contributed by atoms with Crippen molar-refractivity contribution < 1.29 is 24.2 Å². The van der Waals surface area contributed by atoms with Crippen LogP contribution in [0.1, 0.15) is 56.0 Å². The summed E-state index contributed by atoms with van der Waals surface area (Å²) in [6, 6.07) is 6.14. The Hall–Kier alpha value is -5.95. The van der Waals surface area contributed by atoms with Gasteiger partial charge in [0.1, 0.15) is 23.5 Å². The third kappa shape index (κ3) is 6.55. The number of fused-ring (bicyclic) bond motifs is 2. The minimum absolute atomic E-state index is 0.0173. The number of nitrogen functional groups attached to an aromatic ring is 1. The molecule has 6 rings (SSSR count). The van der Waals surface area contributed by atoms with Crippen LogP contribution in [-0.4, -0.2) is 79.8 Å². The lowest BCUT2D eigenvalue weighted by Crippen LogP contribution is -2.39. The molecule has 3 amide bonds. The predicted octanol–water partition coefficient (Wildman–Crippen LogP) is 0.267. The summed E-state index contributed by atoms with van der Waals surface area (Å²) < 4.78 is 11.5. The highest BCUT2D eigenvalue weighted by Gasteiger charge is 2.40. The number of anilines is 3. The molecule has 1 saturated heterocycles. The van der Waals surface area contributed by atoms with Crippen molar-refractivity contribution in [2.75, 3.05) is 22.9 Å². The fourth-order valence-corrected chi connectivity index (χ4v) is 6.06. The summed E-state index contributed by atoms with van der Waals surface area (Å²) in [5.74, 6) is -0.871. The smallest absolute Gasteiger partial charge is 0.332 e. The summed E-state index contributed by atoms with van der Waals surface area (Å²) >= 11 is 0. The van der Waals surface area contributed by atoms with Gasteiger partial charge >= 0.3 is 5.69 Å². The van der Waals surface area contributed by atoms with Crippen LogP contribution in [0.5, 0.6) is 0 Å². The Labute approximate surface area is 289 Å². The third-order valence-electron chi connectivity index (χ3n) is 8.65. The van der Waals surface area contributed by atoms with Crippen LogP contribution in [0, 0.1) is 0 Å². The molecule has 0 aliphatic carbocycles. The van der Waals surface area contributed by atoms with Crippen molar-refractivity contribution in [3.63, 3.8) is 0 Å². The SMILES string of the molecule is CCNC(=O)[C@H]1C[C@@H](O)[C@H](n2cnc3c(N)nc(NC(=O)c4ccc(NC(=O)CCc5nc6c(c(=O)n(CC)c(=O)n6CC)n5C)cc4)nc32)O1. The molecule has 5 heterocycles. The highest BCUT2D eigenvalue weighted by atomic mass is 16.5. The number of aromatic nitrogens is 8. The number of likely N-dealkylation sites (N-methyl/N-ethyl adjacent to an activating group) is 1. The molecule has 1 aliphatic rings. The van der Waals surface area contributed by atoms with Gasteiger partial charge in [0.15, 0.2) is 28.9 Å². The molecule has 19 heteroatoms. The second kappa shape index (κ2) is 14.1. The number of nitrogens with zero attached hydrogens (tertiary/aromatic N) is 8. The molecule has 4 aromatic heterocycles. The Morgan fingerprint density at radius 2 is 1.73 bits per heavy atom. The topological polar surface area (TPSA) is 248 Å². The minimum Gasteiger partial charge on any atom is -0.388 e. The maximum absolute atomic E-state index is 13.1. The van der Waals surface area contributed by atoms with Crippen molar-refractivity contribution in [1.82, 2.24) is 43.5 Å². The normalized spacial score (nSPS) is 17.2. The Morgan fingerprint density at radius 3 is 2.41 bits per heavy atom. The van der Waals surface area contributed by atoms with Gasteiger partial charge in [-0.25, -0.2) is 14.8 Å². The van der Waals surface area contributed by atoms with E-state index in [2.05, 4.69) is 35.9 Å². The molecule has 0 radical (unpaired) electrons. The van der Waals surface area contributed by atoms with Crippen LogP contribution in [0.15, 0.2) is 40.2 Å². The van der Waals surface area contributed by atoms with Gasteiger partial charge in [0, 0.05) is 57.2 Å². The first-order valence-electron chi connectivity index (χ1n) is 16.5. The van der Waals surface area contributed by atoms with E-state index in [9.17, 15) is 29.1 Å². The molecular weight excluding hydrogens is 664 g/mol. The molecule has 0 spiro atoms. The van der Waals surface area contributed by atoms with Crippen molar-refractivity contribution in [2.24, 2.45) is 7.05 Å². The second-order valence-electron chi connectivity index (χ2n) is 11.9. The van der Waals surface area contributed by atoms with E-state index in [1.165, 1.54) is 27.6 Å². The van der Waals surface area contributed by atoms with Crippen LogP contribution < -0.4 is 32.9 Å². The molecule has 5 aromatic rings. The molecule has 0 saturated carbocycles. The van der Waals surface area contributed by atoms with E-state index in [-0.39, 0.29) is 71.8 Å². The van der Waals surface area contributed by atoms with E-state index in [4.69, 9.17) is 10.5 Å². The Kier molecular flexibility index (Phi) is 9.66. The highest BCUT2D eigenvalue weighted by molar-refractivity contribution is 6.04. The van der Waals surface area contributed by atoms with Gasteiger partial charge in [0.05, 0.1) is 6.33 Å². The number of amides is 3.